The number of nitrogens with one attached hydrogen (secondary N) is 2. The lowest BCUT2D eigenvalue weighted by atomic mass is 10.4. The number of nitrogen functional groups attached to an aromatic ring is 1. The molecule has 0 saturated heterocycles. The fraction of sp³-hybridized carbons (Fsp3) is 0.333. The van der Waals surface area contributed by atoms with Gasteiger partial charge in [-0.15, -0.1) is 5.10 Å². The van der Waals surface area contributed by atoms with Gasteiger partial charge in [0.05, 0.1) is 5.25 Å². The molecule has 6 N–H and O–H groups in total. The van der Waals surface area contributed by atoms with E-state index in [2.05, 4.69) is 15.2 Å². The van der Waals surface area contributed by atoms with Gasteiger partial charge in [0.2, 0.25) is 17.0 Å². The van der Waals surface area contributed by atoms with Gasteiger partial charge in [-0.3, -0.25) is 10.1 Å². The van der Waals surface area contributed by atoms with E-state index in [4.69, 9.17) is 11.5 Å². The molecule has 3 amide bonds. The number of anilines is 1. The topological polar surface area (TPSA) is 140 Å². The van der Waals surface area contributed by atoms with Crippen molar-refractivity contribution in [1.82, 2.24) is 20.5 Å². The van der Waals surface area contributed by atoms with Crippen LogP contribution in [0, 0.1) is 0 Å². The average molecular weight is 230 g/mol. The Morgan fingerprint density at radius 3 is 2.73 bits per heavy atom. The first-order chi connectivity index (χ1) is 6.99. The van der Waals surface area contributed by atoms with E-state index < -0.39 is 17.2 Å². The zero-order chi connectivity index (χ0) is 11.4. The number of hydrogen-bond donors (Lipinski definition) is 4. The molecule has 82 valence electrons. The Morgan fingerprint density at radius 1 is 1.60 bits per heavy atom. The van der Waals surface area contributed by atoms with E-state index in [-0.39, 0.29) is 5.95 Å². The molecule has 1 rings (SSSR count). The summed E-state index contributed by atoms with van der Waals surface area (Å²) in [6.07, 6.45) is 0. The lowest BCUT2D eigenvalue weighted by molar-refractivity contribution is -0.119. The summed E-state index contributed by atoms with van der Waals surface area (Å²) in [6.45, 7) is 1.59. The third-order valence-corrected chi connectivity index (χ3v) is 2.34. The van der Waals surface area contributed by atoms with Crippen molar-refractivity contribution in [1.29, 1.82) is 0 Å². The predicted molar refractivity (Wildman–Crippen MR) is 53.8 cm³/mol. The highest BCUT2D eigenvalue weighted by molar-refractivity contribution is 8.00. The third kappa shape index (κ3) is 3.46. The van der Waals surface area contributed by atoms with Crippen LogP contribution in [0.25, 0.3) is 0 Å². The normalized spacial score (nSPS) is 12.1. The average Bonchev–Trinajstić information content (AvgIpc) is 2.50. The molecule has 8 nitrogen and oxygen atoms in total. The van der Waals surface area contributed by atoms with Gasteiger partial charge in [0, 0.05) is 0 Å². The highest BCUT2D eigenvalue weighted by atomic mass is 32.2. The molecule has 0 aliphatic rings. The van der Waals surface area contributed by atoms with E-state index in [9.17, 15) is 9.59 Å². The molecule has 0 spiro atoms. The van der Waals surface area contributed by atoms with Crippen LogP contribution in [-0.2, 0) is 4.79 Å². The number of aromatic nitrogens is 3. The maximum absolute atomic E-state index is 11.2. The largest absolute Gasteiger partial charge is 0.368 e. The predicted octanol–water partition coefficient (Wildman–Crippen LogP) is -0.938. The number of hydrogen-bond acceptors (Lipinski definition) is 6. The molecule has 1 unspecified atom stereocenters. The summed E-state index contributed by atoms with van der Waals surface area (Å²) < 4.78 is 0. The number of amides is 3. The number of rotatable bonds is 3. The Balaban J connectivity index is 2.51. The zero-order valence-corrected chi connectivity index (χ0v) is 8.67. The number of carbonyl (C=O) groups excluding carboxylic acids is 2. The minimum Gasteiger partial charge on any atom is -0.368 e. The highest BCUT2D eigenvalue weighted by Crippen LogP contribution is 2.19. The summed E-state index contributed by atoms with van der Waals surface area (Å²) in [5, 5.41) is 7.90. The van der Waals surface area contributed by atoms with Crippen LogP contribution in [0.5, 0.6) is 0 Å². The number of thioether (sulfide) groups is 1. The molecule has 1 heterocycles. The highest BCUT2D eigenvalue weighted by Gasteiger charge is 2.17. The van der Waals surface area contributed by atoms with Crippen molar-refractivity contribution in [3.8, 4) is 0 Å². The second-order valence-corrected chi connectivity index (χ2v) is 3.92. The zero-order valence-electron chi connectivity index (χ0n) is 7.85. The lowest BCUT2D eigenvalue weighted by Crippen LogP contribution is -2.39. The molecule has 0 radical (unpaired) electrons. The third-order valence-electron chi connectivity index (χ3n) is 1.38. The molecule has 0 bridgehead atoms. The quantitative estimate of drug-likeness (QED) is 0.494. The Kier molecular flexibility index (Phi) is 3.50. The Morgan fingerprint density at radius 2 is 2.27 bits per heavy atom. The van der Waals surface area contributed by atoms with E-state index in [0.717, 1.165) is 11.8 Å². The van der Waals surface area contributed by atoms with Crippen molar-refractivity contribution in [3.05, 3.63) is 0 Å². The second kappa shape index (κ2) is 4.64. The van der Waals surface area contributed by atoms with Crippen LogP contribution in [0.1, 0.15) is 6.92 Å². The van der Waals surface area contributed by atoms with Crippen molar-refractivity contribution >= 4 is 29.6 Å². The minimum atomic E-state index is -0.887. The summed E-state index contributed by atoms with van der Waals surface area (Å²) in [4.78, 5) is 25.4. The maximum Gasteiger partial charge on any atom is 0.318 e. The van der Waals surface area contributed by atoms with Crippen LogP contribution >= 0.6 is 11.8 Å². The summed E-state index contributed by atoms with van der Waals surface area (Å²) in [7, 11) is 0. The monoisotopic (exact) mass is 230 g/mol. The minimum absolute atomic E-state index is 0.167. The van der Waals surface area contributed by atoms with Gasteiger partial charge in [0.1, 0.15) is 0 Å². The van der Waals surface area contributed by atoms with Crippen molar-refractivity contribution in [3.63, 3.8) is 0 Å². The fourth-order valence-corrected chi connectivity index (χ4v) is 1.48. The Hall–Kier alpha value is -1.77. The first-order valence-electron chi connectivity index (χ1n) is 3.94. The standard InChI is InChI=1S/C6H10N6O2S/c1-2(3(13)9-5(8)14)15-6-10-4(7)11-12-6/h2H,1H3,(H3,7,10,11,12)(H3,8,9,13,14). The number of imide groups is 1. The van der Waals surface area contributed by atoms with E-state index in [0.29, 0.717) is 5.16 Å². The molecule has 0 aromatic carbocycles. The Labute approximate surface area is 89.2 Å². The number of nitrogens with two attached hydrogens (primary N) is 2. The lowest BCUT2D eigenvalue weighted by Gasteiger charge is -2.06. The van der Waals surface area contributed by atoms with Crippen molar-refractivity contribution in [2.24, 2.45) is 5.73 Å². The van der Waals surface area contributed by atoms with Gasteiger partial charge in [-0.25, -0.2) is 9.89 Å². The number of aromatic amines is 1. The Bertz CT molecular complexity index is 377. The van der Waals surface area contributed by atoms with E-state index in [1.807, 2.05) is 5.32 Å². The summed E-state index contributed by atoms with van der Waals surface area (Å²) in [6, 6.07) is -0.887. The summed E-state index contributed by atoms with van der Waals surface area (Å²) >= 11 is 1.06. The number of urea groups is 1. The van der Waals surface area contributed by atoms with Gasteiger partial charge < -0.3 is 11.5 Å². The maximum atomic E-state index is 11.2. The molecule has 1 aromatic rings. The molecule has 0 aliphatic heterocycles. The first kappa shape index (κ1) is 11.3. The molecular formula is C6H10N6O2S. The molecule has 9 heteroatoms. The van der Waals surface area contributed by atoms with Gasteiger partial charge in [0.25, 0.3) is 0 Å². The van der Waals surface area contributed by atoms with Crippen LogP contribution < -0.4 is 16.8 Å². The van der Waals surface area contributed by atoms with E-state index >= 15 is 0 Å². The van der Waals surface area contributed by atoms with Crippen LogP contribution in [0.2, 0.25) is 0 Å². The molecule has 0 aliphatic carbocycles. The van der Waals surface area contributed by atoms with Crippen LogP contribution in [0.15, 0.2) is 5.16 Å². The SMILES string of the molecule is CC(Sc1n[nH]c(N)n1)C(=O)NC(N)=O. The molecule has 15 heavy (non-hydrogen) atoms. The van der Waals surface area contributed by atoms with Crippen LogP contribution in [0.4, 0.5) is 10.7 Å². The van der Waals surface area contributed by atoms with Gasteiger partial charge in [-0.1, -0.05) is 11.8 Å². The van der Waals surface area contributed by atoms with E-state index in [1.54, 1.807) is 6.92 Å². The van der Waals surface area contributed by atoms with Gasteiger partial charge in [-0.2, -0.15) is 4.98 Å². The summed E-state index contributed by atoms with van der Waals surface area (Å²) in [5.41, 5.74) is 10.1. The summed E-state index contributed by atoms with van der Waals surface area (Å²) in [5.74, 6) is -0.337. The number of nitrogens with zero attached hydrogens (tertiary/aromatic N) is 2. The molecule has 0 saturated carbocycles. The van der Waals surface area contributed by atoms with Crippen molar-refractivity contribution < 1.29 is 9.59 Å². The second-order valence-electron chi connectivity index (χ2n) is 2.62. The first-order valence-corrected chi connectivity index (χ1v) is 4.82. The van der Waals surface area contributed by atoms with E-state index in [1.165, 1.54) is 0 Å². The van der Waals surface area contributed by atoms with Gasteiger partial charge >= 0.3 is 6.03 Å². The van der Waals surface area contributed by atoms with Crippen molar-refractivity contribution in [2.75, 3.05) is 5.73 Å². The fourth-order valence-electron chi connectivity index (χ4n) is 0.746. The van der Waals surface area contributed by atoms with Crippen LogP contribution in [0.3, 0.4) is 0 Å². The molecule has 1 atom stereocenters. The van der Waals surface area contributed by atoms with Gasteiger partial charge in [-0.05, 0) is 6.92 Å². The molecule has 1 aromatic heterocycles. The van der Waals surface area contributed by atoms with Gasteiger partial charge in [0.15, 0.2) is 0 Å². The number of H-pyrrole nitrogens is 1. The number of carbonyl (C=O) groups is 2. The van der Waals surface area contributed by atoms with Crippen molar-refractivity contribution in [2.45, 2.75) is 17.3 Å². The smallest absolute Gasteiger partial charge is 0.318 e. The van der Waals surface area contributed by atoms with Crippen LogP contribution in [-0.4, -0.2) is 32.4 Å². The molecular weight excluding hydrogens is 220 g/mol. The number of primary amides is 1. The molecule has 0 fully saturated rings.